The fraction of sp³-hybridized carbons (Fsp3) is 0.0476. The Hall–Kier alpha value is -3.63. The molecule has 2 aromatic carbocycles. The average Bonchev–Trinajstić information content (AvgIpc) is 3.38. The number of nitrogens with zero attached hydrogens (tertiary/aromatic N) is 3. The molecule has 0 saturated carbocycles. The molecule has 3 aromatic heterocycles. The van der Waals surface area contributed by atoms with Crippen molar-refractivity contribution < 1.29 is 13.2 Å². The minimum atomic E-state index is -3.39. The molecule has 3 heterocycles. The number of H-pyrrole nitrogens is 1. The zero-order valence-corrected chi connectivity index (χ0v) is 17.8. The van der Waals surface area contributed by atoms with Gasteiger partial charge < -0.3 is 4.98 Å². The highest BCUT2D eigenvalue weighted by molar-refractivity contribution is 7.92. The molecule has 0 radical (unpaired) electrons. The number of aromatic amines is 1. The lowest BCUT2D eigenvalue weighted by Gasteiger charge is -2.07. The number of benzene rings is 2. The number of hydrogen-bond donors (Lipinski definition) is 2. The number of sulfonamides is 1. The van der Waals surface area contributed by atoms with Crippen molar-refractivity contribution in [3.05, 3.63) is 72.1 Å². The van der Waals surface area contributed by atoms with E-state index >= 15 is 0 Å². The highest BCUT2D eigenvalue weighted by Crippen LogP contribution is 2.28. The van der Waals surface area contributed by atoms with Crippen LogP contribution in [0.5, 0.6) is 0 Å². The Morgan fingerprint density at radius 3 is 2.71 bits per heavy atom. The summed E-state index contributed by atoms with van der Waals surface area (Å²) >= 11 is 1.11. The Morgan fingerprint density at radius 1 is 1.03 bits per heavy atom. The third-order valence-electron chi connectivity index (χ3n) is 4.79. The molecule has 0 aliphatic rings. The zero-order valence-electron chi connectivity index (χ0n) is 16.2. The fourth-order valence-corrected chi connectivity index (χ4v) is 4.48. The van der Waals surface area contributed by atoms with Crippen molar-refractivity contribution in [2.24, 2.45) is 0 Å². The molecule has 0 amide bonds. The van der Waals surface area contributed by atoms with Gasteiger partial charge >= 0.3 is 0 Å². The molecule has 0 atom stereocenters. The van der Waals surface area contributed by atoms with Gasteiger partial charge in [0.25, 0.3) is 0 Å². The second-order valence-electron chi connectivity index (χ2n) is 7.07. The van der Waals surface area contributed by atoms with Crippen molar-refractivity contribution in [1.29, 1.82) is 0 Å². The summed E-state index contributed by atoms with van der Waals surface area (Å²) in [6, 6.07) is 14.1. The van der Waals surface area contributed by atoms with Crippen molar-refractivity contribution in [1.82, 2.24) is 18.7 Å². The third kappa shape index (κ3) is 3.78. The largest absolute Gasteiger partial charge is 0.345 e. The molecule has 5 rings (SSSR count). The molecule has 0 spiro atoms. The second-order valence-corrected chi connectivity index (χ2v) is 9.35. The Kier molecular flexibility index (Phi) is 4.53. The van der Waals surface area contributed by atoms with Crippen molar-refractivity contribution in [2.45, 2.75) is 0 Å². The standard InChI is InChI=1S/C21H15N5O3S2/c1-31(28,29)26-15-4-2-3-12(7-15)14-8-16-17(11-23-21(16)22-10-14)20(27)13-5-6-18-19(9-13)25-30-24-18/h2-11,26H,1H3,(H,22,23). The van der Waals surface area contributed by atoms with E-state index in [1.165, 1.54) is 0 Å². The van der Waals surface area contributed by atoms with Crippen LogP contribution in [-0.4, -0.2) is 39.2 Å². The van der Waals surface area contributed by atoms with Gasteiger partial charge in [0.15, 0.2) is 5.78 Å². The first kappa shape index (κ1) is 19.3. The van der Waals surface area contributed by atoms with Crippen molar-refractivity contribution in [2.75, 3.05) is 11.0 Å². The lowest BCUT2D eigenvalue weighted by molar-refractivity contribution is 0.104. The van der Waals surface area contributed by atoms with Gasteiger partial charge in [-0.2, -0.15) is 8.75 Å². The first-order valence-electron chi connectivity index (χ1n) is 9.20. The molecule has 2 N–H and O–H groups in total. The summed E-state index contributed by atoms with van der Waals surface area (Å²) in [5.74, 6) is -0.146. The van der Waals surface area contributed by atoms with Crippen LogP contribution in [0.2, 0.25) is 0 Å². The summed E-state index contributed by atoms with van der Waals surface area (Å²) < 4.78 is 33.9. The van der Waals surface area contributed by atoms with Gasteiger partial charge in [-0.05, 0) is 42.0 Å². The molecule has 0 unspecified atom stereocenters. The number of aromatic nitrogens is 4. The molecule has 154 valence electrons. The number of rotatable bonds is 5. The molecule has 0 bridgehead atoms. The molecule has 0 saturated heterocycles. The van der Waals surface area contributed by atoms with E-state index in [0.29, 0.717) is 33.4 Å². The van der Waals surface area contributed by atoms with Gasteiger partial charge in [-0.25, -0.2) is 13.4 Å². The van der Waals surface area contributed by atoms with Crippen molar-refractivity contribution >= 4 is 55.3 Å². The van der Waals surface area contributed by atoms with Gasteiger partial charge in [0.2, 0.25) is 10.0 Å². The predicted molar refractivity (Wildman–Crippen MR) is 121 cm³/mol. The monoisotopic (exact) mass is 449 g/mol. The topological polar surface area (TPSA) is 118 Å². The van der Waals surface area contributed by atoms with Crippen LogP contribution in [0.15, 0.2) is 60.9 Å². The first-order chi connectivity index (χ1) is 14.9. The minimum absolute atomic E-state index is 0.146. The van der Waals surface area contributed by atoms with Crippen LogP contribution in [0.1, 0.15) is 15.9 Å². The molecule has 0 fully saturated rings. The Balaban J connectivity index is 1.56. The summed E-state index contributed by atoms with van der Waals surface area (Å²) in [6.07, 6.45) is 4.43. The number of hydrogen-bond acceptors (Lipinski definition) is 7. The van der Waals surface area contributed by atoms with Crippen LogP contribution in [0.3, 0.4) is 0 Å². The van der Waals surface area contributed by atoms with Crippen LogP contribution in [-0.2, 0) is 10.0 Å². The smallest absolute Gasteiger partial charge is 0.229 e. The van der Waals surface area contributed by atoms with E-state index in [9.17, 15) is 13.2 Å². The van der Waals surface area contributed by atoms with Gasteiger partial charge in [0.1, 0.15) is 16.7 Å². The molecule has 31 heavy (non-hydrogen) atoms. The van der Waals surface area contributed by atoms with E-state index in [-0.39, 0.29) is 5.78 Å². The SMILES string of the molecule is CS(=O)(=O)Nc1cccc(-c2cnc3[nH]cc(C(=O)c4ccc5nsnc5c4)c3c2)c1. The lowest BCUT2D eigenvalue weighted by Crippen LogP contribution is -2.09. The molecule has 0 aliphatic heterocycles. The summed E-state index contributed by atoms with van der Waals surface area (Å²) in [4.78, 5) is 20.7. The van der Waals surface area contributed by atoms with Crippen LogP contribution in [0.25, 0.3) is 33.2 Å². The van der Waals surface area contributed by atoms with E-state index in [0.717, 1.165) is 34.6 Å². The van der Waals surface area contributed by atoms with Gasteiger partial charge in [0, 0.05) is 40.2 Å². The number of pyridine rings is 1. The highest BCUT2D eigenvalue weighted by Gasteiger charge is 2.17. The van der Waals surface area contributed by atoms with Gasteiger partial charge in [-0.3, -0.25) is 9.52 Å². The van der Waals surface area contributed by atoms with Crippen LogP contribution in [0, 0.1) is 0 Å². The number of ketones is 1. The van der Waals surface area contributed by atoms with Crippen LogP contribution in [0.4, 0.5) is 5.69 Å². The quantitative estimate of drug-likeness (QED) is 0.394. The fourth-order valence-electron chi connectivity index (χ4n) is 3.40. The van der Waals surface area contributed by atoms with Gasteiger partial charge in [0.05, 0.1) is 18.0 Å². The average molecular weight is 450 g/mol. The van der Waals surface area contributed by atoms with E-state index in [1.807, 2.05) is 12.1 Å². The number of carbonyl (C=O) groups excluding carboxylic acids is 1. The summed E-state index contributed by atoms with van der Waals surface area (Å²) in [7, 11) is -3.39. The molecular weight excluding hydrogens is 434 g/mol. The van der Waals surface area contributed by atoms with Gasteiger partial charge in [-0.1, -0.05) is 12.1 Å². The van der Waals surface area contributed by atoms with Crippen LogP contribution < -0.4 is 4.72 Å². The van der Waals surface area contributed by atoms with E-state index < -0.39 is 10.0 Å². The molecule has 0 aliphatic carbocycles. The maximum Gasteiger partial charge on any atom is 0.229 e. The maximum atomic E-state index is 13.2. The lowest BCUT2D eigenvalue weighted by atomic mass is 10.0. The number of carbonyl (C=O) groups is 1. The van der Waals surface area contributed by atoms with E-state index in [2.05, 4.69) is 23.4 Å². The van der Waals surface area contributed by atoms with Crippen molar-refractivity contribution in [3.63, 3.8) is 0 Å². The predicted octanol–water partition coefficient (Wildman–Crippen LogP) is 3.84. The number of anilines is 1. The summed E-state index contributed by atoms with van der Waals surface area (Å²) in [5.41, 5.74) is 5.04. The maximum absolute atomic E-state index is 13.2. The Morgan fingerprint density at radius 2 is 1.87 bits per heavy atom. The molecule has 10 heteroatoms. The normalized spacial score (nSPS) is 11.8. The number of nitrogens with one attached hydrogen (secondary N) is 2. The Labute approximate surface area is 181 Å². The molecule has 8 nitrogen and oxygen atoms in total. The first-order valence-corrected chi connectivity index (χ1v) is 11.8. The third-order valence-corrected chi connectivity index (χ3v) is 5.95. The second kappa shape index (κ2) is 7.25. The summed E-state index contributed by atoms with van der Waals surface area (Å²) in [6.45, 7) is 0. The zero-order chi connectivity index (χ0) is 21.6. The van der Waals surface area contributed by atoms with Gasteiger partial charge in [-0.15, -0.1) is 0 Å². The summed E-state index contributed by atoms with van der Waals surface area (Å²) in [5, 5.41) is 0.681. The highest BCUT2D eigenvalue weighted by atomic mass is 32.2. The Bertz CT molecular complexity index is 1570. The van der Waals surface area contributed by atoms with Crippen LogP contribution >= 0.6 is 11.7 Å². The molecule has 5 aromatic rings. The number of fused-ring (bicyclic) bond motifs is 2. The van der Waals surface area contributed by atoms with E-state index in [1.54, 1.807) is 48.8 Å². The molecular formula is C21H15N5O3S2. The van der Waals surface area contributed by atoms with E-state index in [4.69, 9.17) is 0 Å². The van der Waals surface area contributed by atoms with Crippen molar-refractivity contribution in [3.8, 4) is 11.1 Å². The minimum Gasteiger partial charge on any atom is -0.345 e.